The Morgan fingerprint density at radius 1 is 1.22 bits per heavy atom. The molecule has 0 amide bonds. The molecule has 0 aliphatic carbocycles. The van der Waals surface area contributed by atoms with Crippen LogP contribution < -0.4 is 5.32 Å². The van der Waals surface area contributed by atoms with E-state index in [9.17, 15) is 14.4 Å². The monoisotopic (exact) mass is 310 g/mol. The normalized spacial score (nSPS) is 10.9. The third-order valence-corrected chi connectivity index (χ3v) is 3.89. The molecule has 0 aliphatic rings. The minimum Gasteiger partial charge on any atom is -0.383 e. The number of hydrogen-bond acceptors (Lipinski definition) is 3. The minimum atomic E-state index is -0.265. The van der Waals surface area contributed by atoms with Gasteiger partial charge >= 0.3 is 0 Å². The predicted octanol–water partition coefficient (Wildman–Crippen LogP) is 4.29. The quantitative estimate of drug-likeness (QED) is 0.838. The van der Waals surface area contributed by atoms with Gasteiger partial charge in [0.05, 0.1) is 11.3 Å². The summed E-state index contributed by atoms with van der Waals surface area (Å²) < 4.78 is 13.1. The number of nitrogens with zero attached hydrogens (tertiary/aromatic N) is 1. The number of nitriles is 1. The Morgan fingerprint density at radius 3 is 2.43 bits per heavy atom. The van der Waals surface area contributed by atoms with Gasteiger partial charge in [0.2, 0.25) is 0 Å². The van der Waals surface area contributed by atoms with Gasteiger partial charge in [0.25, 0.3) is 0 Å². The molecule has 0 saturated carbocycles. The van der Waals surface area contributed by atoms with Crippen molar-refractivity contribution in [3.8, 4) is 6.07 Å². The minimum absolute atomic E-state index is 0.0460. The lowest BCUT2D eigenvalue weighted by Crippen LogP contribution is -2.28. The van der Waals surface area contributed by atoms with Gasteiger partial charge in [-0.3, -0.25) is 4.79 Å². The molecule has 0 fully saturated rings. The number of anilines is 1. The van der Waals surface area contributed by atoms with Crippen molar-refractivity contribution in [1.82, 2.24) is 0 Å². The number of ketones is 1. The van der Waals surface area contributed by atoms with Gasteiger partial charge in [-0.05, 0) is 42.8 Å². The zero-order valence-electron chi connectivity index (χ0n) is 13.5. The van der Waals surface area contributed by atoms with E-state index in [0.717, 1.165) is 5.56 Å². The lowest BCUT2D eigenvalue weighted by Gasteiger charge is -2.26. The molecule has 0 bridgehead atoms. The van der Waals surface area contributed by atoms with E-state index >= 15 is 0 Å². The van der Waals surface area contributed by atoms with Crippen molar-refractivity contribution in [3.05, 3.63) is 65.0 Å². The first kappa shape index (κ1) is 16.7. The highest BCUT2D eigenvalue weighted by atomic mass is 19.1. The van der Waals surface area contributed by atoms with Gasteiger partial charge in [0, 0.05) is 17.5 Å². The van der Waals surface area contributed by atoms with Crippen molar-refractivity contribution in [3.63, 3.8) is 0 Å². The van der Waals surface area contributed by atoms with E-state index in [4.69, 9.17) is 0 Å². The summed E-state index contributed by atoms with van der Waals surface area (Å²) in [4.78, 5) is 11.5. The van der Waals surface area contributed by atoms with Gasteiger partial charge in [-0.1, -0.05) is 26.0 Å². The average molecular weight is 310 g/mol. The number of carbonyl (C=O) groups excluding carboxylic acids is 1. The second kappa shape index (κ2) is 6.62. The number of halogens is 1. The first-order valence-corrected chi connectivity index (χ1v) is 7.38. The Bertz CT molecular complexity index is 758. The second-order valence-electron chi connectivity index (χ2n) is 6.17. The number of rotatable bonds is 5. The average Bonchev–Trinajstić information content (AvgIpc) is 2.53. The standard InChI is InChI=1S/C19H19FN2O/c1-13(23)14-4-5-15(11-21)18(10-14)22-12-19(2,3)16-6-8-17(20)9-7-16/h4-10,22H,12H2,1-3H3. The van der Waals surface area contributed by atoms with Gasteiger partial charge in [-0.15, -0.1) is 0 Å². The van der Waals surface area contributed by atoms with Crippen LogP contribution in [0.4, 0.5) is 10.1 Å². The van der Waals surface area contributed by atoms with E-state index in [1.165, 1.54) is 19.1 Å². The fourth-order valence-corrected chi connectivity index (χ4v) is 2.33. The summed E-state index contributed by atoms with van der Waals surface area (Å²) in [6, 6.07) is 13.5. The van der Waals surface area contributed by atoms with Crippen molar-refractivity contribution < 1.29 is 9.18 Å². The van der Waals surface area contributed by atoms with Gasteiger partial charge in [0.15, 0.2) is 5.78 Å². The van der Waals surface area contributed by atoms with Crippen LogP contribution in [0.5, 0.6) is 0 Å². The summed E-state index contributed by atoms with van der Waals surface area (Å²) >= 11 is 0. The number of Topliss-reactive ketones (excluding diaryl/α,β-unsaturated/α-hetero) is 1. The molecule has 3 nitrogen and oxygen atoms in total. The van der Waals surface area contributed by atoms with Crippen LogP contribution >= 0.6 is 0 Å². The maximum Gasteiger partial charge on any atom is 0.159 e. The smallest absolute Gasteiger partial charge is 0.159 e. The fraction of sp³-hybridized carbons (Fsp3) is 0.263. The van der Waals surface area contributed by atoms with Crippen LogP contribution in [-0.2, 0) is 5.41 Å². The second-order valence-corrected chi connectivity index (χ2v) is 6.17. The van der Waals surface area contributed by atoms with Crippen LogP contribution in [0.25, 0.3) is 0 Å². The Kier molecular flexibility index (Phi) is 4.80. The van der Waals surface area contributed by atoms with Crippen LogP contribution in [-0.4, -0.2) is 12.3 Å². The zero-order valence-corrected chi connectivity index (χ0v) is 13.5. The molecule has 0 aliphatic heterocycles. The molecule has 0 atom stereocenters. The van der Waals surface area contributed by atoms with Gasteiger partial charge in [-0.2, -0.15) is 5.26 Å². The first-order valence-electron chi connectivity index (χ1n) is 7.38. The topological polar surface area (TPSA) is 52.9 Å². The van der Waals surface area contributed by atoms with E-state index in [1.54, 1.807) is 30.3 Å². The van der Waals surface area contributed by atoms with Crippen molar-refractivity contribution in [2.45, 2.75) is 26.2 Å². The SMILES string of the molecule is CC(=O)c1ccc(C#N)c(NCC(C)(C)c2ccc(F)cc2)c1. The molecule has 23 heavy (non-hydrogen) atoms. The van der Waals surface area contributed by atoms with Crippen molar-refractivity contribution in [2.75, 3.05) is 11.9 Å². The summed E-state index contributed by atoms with van der Waals surface area (Å²) in [7, 11) is 0. The summed E-state index contributed by atoms with van der Waals surface area (Å²) in [6.45, 7) is 6.12. The van der Waals surface area contributed by atoms with E-state index in [2.05, 4.69) is 11.4 Å². The zero-order chi connectivity index (χ0) is 17.0. The molecule has 1 N–H and O–H groups in total. The van der Waals surface area contributed by atoms with Gasteiger partial charge < -0.3 is 5.32 Å². The number of hydrogen-bond donors (Lipinski definition) is 1. The molecule has 0 aromatic heterocycles. The van der Waals surface area contributed by atoms with Crippen molar-refractivity contribution >= 4 is 11.5 Å². The molecule has 2 aromatic rings. The van der Waals surface area contributed by atoms with E-state index in [0.29, 0.717) is 23.4 Å². The van der Waals surface area contributed by atoms with Crippen LogP contribution in [0.15, 0.2) is 42.5 Å². The van der Waals surface area contributed by atoms with Crippen LogP contribution in [0, 0.1) is 17.1 Å². The Morgan fingerprint density at radius 2 is 1.87 bits per heavy atom. The molecular weight excluding hydrogens is 291 g/mol. The van der Waals surface area contributed by atoms with Gasteiger partial charge in [-0.25, -0.2) is 4.39 Å². The highest BCUT2D eigenvalue weighted by molar-refractivity contribution is 5.95. The third-order valence-electron chi connectivity index (χ3n) is 3.89. The van der Waals surface area contributed by atoms with Gasteiger partial charge in [0.1, 0.15) is 11.9 Å². The molecule has 2 aromatic carbocycles. The molecule has 0 spiro atoms. The molecule has 0 unspecified atom stereocenters. The summed E-state index contributed by atoms with van der Waals surface area (Å²) in [6.07, 6.45) is 0. The highest BCUT2D eigenvalue weighted by Crippen LogP contribution is 2.25. The van der Waals surface area contributed by atoms with Crippen molar-refractivity contribution in [2.24, 2.45) is 0 Å². The van der Waals surface area contributed by atoms with Crippen molar-refractivity contribution in [1.29, 1.82) is 5.26 Å². The van der Waals surface area contributed by atoms with E-state index < -0.39 is 0 Å². The summed E-state index contributed by atoms with van der Waals surface area (Å²) in [5.41, 5.74) is 2.42. The molecule has 2 rings (SSSR count). The third kappa shape index (κ3) is 3.95. The van der Waals surface area contributed by atoms with Crippen LogP contribution in [0.2, 0.25) is 0 Å². The van der Waals surface area contributed by atoms with E-state index in [-0.39, 0.29) is 17.0 Å². The lowest BCUT2D eigenvalue weighted by molar-refractivity contribution is 0.101. The van der Waals surface area contributed by atoms with Crippen LogP contribution in [0.3, 0.4) is 0 Å². The predicted molar refractivity (Wildman–Crippen MR) is 89.1 cm³/mol. The van der Waals surface area contributed by atoms with Crippen LogP contribution in [0.1, 0.15) is 42.3 Å². The Labute approximate surface area is 135 Å². The largest absolute Gasteiger partial charge is 0.383 e. The molecule has 0 radical (unpaired) electrons. The molecule has 0 saturated heterocycles. The molecule has 0 heterocycles. The Balaban J connectivity index is 2.22. The maximum atomic E-state index is 13.1. The fourth-order valence-electron chi connectivity index (χ4n) is 2.33. The molecular formula is C19H19FN2O. The Hall–Kier alpha value is -2.67. The molecule has 4 heteroatoms. The number of nitrogens with one attached hydrogen (secondary N) is 1. The summed E-state index contributed by atoms with van der Waals surface area (Å²) in [5, 5.41) is 12.5. The lowest BCUT2D eigenvalue weighted by atomic mass is 9.84. The number of benzene rings is 2. The first-order chi connectivity index (χ1) is 10.8. The summed E-state index contributed by atoms with van der Waals surface area (Å²) in [5.74, 6) is -0.311. The molecule has 118 valence electrons. The highest BCUT2D eigenvalue weighted by Gasteiger charge is 2.21. The van der Waals surface area contributed by atoms with E-state index in [1.807, 2.05) is 13.8 Å². The number of carbonyl (C=O) groups is 1. The maximum absolute atomic E-state index is 13.1.